The zero-order chi connectivity index (χ0) is 23.1. The molecule has 3 rings (SSSR count). The van der Waals surface area contributed by atoms with Crippen LogP contribution in [0.25, 0.3) is 0 Å². The summed E-state index contributed by atoms with van der Waals surface area (Å²) in [5, 5.41) is 0. The SMILES string of the molecule is CCCc1ccc(CCC2CCC(CCc3ccc(COC)c(F)c3F)CC2(F)F)nc1. The van der Waals surface area contributed by atoms with Crippen LogP contribution < -0.4 is 0 Å². The molecule has 6 heteroatoms. The summed E-state index contributed by atoms with van der Waals surface area (Å²) in [5.74, 6) is -5.38. The van der Waals surface area contributed by atoms with Gasteiger partial charge in [0.1, 0.15) is 0 Å². The fourth-order valence-corrected chi connectivity index (χ4v) is 4.71. The number of pyridine rings is 1. The number of halogens is 4. The van der Waals surface area contributed by atoms with E-state index in [2.05, 4.69) is 11.9 Å². The van der Waals surface area contributed by atoms with Crippen LogP contribution in [0.15, 0.2) is 30.5 Å². The molecule has 2 unspecified atom stereocenters. The lowest BCUT2D eigenvalue weighted by molar-refractivity contribution is -0.105. The second kappa shape index (κ2) is 11.3. The van der Waals surface area contributed by atoms with Gasteiger partial charge in [0.2, 0.25) is 0 Å². The average Bonchev–Trinajstić information content (AvgIpc) is 2.76. The van der Waals surface area contributed by atoms with Crippen molar-refractivity contribution in [3.8, 4) is 0 Å². The van der Waals surface area contributed by atoms with Gasteiger partial charge in [-0.2, -0.15) is 0 Å². The van der Waals surface area contributed by atoms with Crippen LogP contribution in [0.4, 0.5) is 17.6 Å². The number of aromatic nitrogens is 1. The smallest absolute Gasteiger partial charge is 0.251 e. The molecule has 0 aliphatic heterocycles. The topological polar surface area (TPSA) is 22.1 Å². The number of ether oxygens (including phenoxy) is 1. The molecule has 1 fully saturated rings. The molecule has 1 aliphatic carbocycles. The molecular formula is C26H33F4NO. The molecule has 1 aliphatic rings. The normalized spacial score (nSPS) is 20.4. The molecule has 1 aromatic carbocycles. The van der Waals surface area contributed by atoms with E-state index in [0.29, 0.717) is 32.1 Å². The largest absolute Gasteiger partial charge is 0.380 e. The third kappa shape index (κ3) is 6.31. The van der Waals surface area contributed by atoms with E-state index in [-0.39, 0.29) is 36.5 Å². The first-order valence-corrected chi connectivity index (χ1v) is 11.6. The van der Waals surface area contributed by atoms with E-state index in [1.807, 2.05) is 18.3 Å². The van der Waals surface area contributed by atoms with E-state index in [9.17, 15) is 17.6 Å². The van der Waals surface area contributed by atoms with Gasteiger partial charge in [0.25, 0.3) is 5.92 Å². The first-order chi connectivity index (χ1) is 15.3. The number of rotatable bonds is 10. The quantitative estimate of drug-likeness (QED) is 0.360. The van der Waals surface area contributed by atoms with Crippen LogP contribution in [0.5, 0.6) is 0 Å². The van der Waals surface area contributed by atoms with E-state index in [0.717, 1.165) is 18.5 Å². The first kappa shape index (κ1) is 24.7. The van der Waals surface area contributed by atoms with Gasteiger partial charge in [0.05, 0.1) is 6.61 Å². The monoisotopic (exact) mass is 451 g/mol. The van der Waals surface area contributed by atoms with Gasteiger partial charge in [-0.25, -0.2) is 17.6 Å². The molecular weight excluding hydrogens is 418 g/mol. The van der Waals surface area contributed by atoms with E-state index >= 15 is 0 Å². The molecule has 0 spiro atoms. The minimum atomic E-state index is -2.74. The molecule has 0 amide bonds. The van der Waals surface area contributed by atoms with Crippen molar-refractivity contribution in [1.29, 1.82) is 0 Å². The van der Waals surface area contributed by atoms with Gasteiger partial charge in [-0.3, -0.25) is 4.98 Å². The molecule has 1 heterocycles. The maximum absolute atomic E-state index is 14.8. The van der Waals surface area contributed by atoms with Crippen LogP contribution >= 0.6 is 0 Å². The van der Waals surface area contributed by atoms with Crippen LogP contribution in [0, 0.1) is 23.5 Å². The molecule has 0 radical (unpaired) electrons. The van der Waals surface area contributed by atoms with Crippen LogP contribution in [0.1, 0.15) is 67.8 Å². The summed E-state index contributed by atoms with van der Waals surface area (Å²) in [4.78, 5) is 4.42. The Labute approximate surface area is 188 Å². The summed E-state index contributed by atoms with van der Waals surface area (Å²) in [6.45, 7) is 2.11. The van der Waals surface area contributed by atoms with E-state index in [4.69, 9.17) is 4.74 Å². The van der Waals surface area contributed by atoms with E-state index in [1.165, 1.54) is 24.8 Å². The third-order valence-corrected chi connectivity index (χ3v) is 6.62. The number of methoxy groups -OCH3 is 1. The van der Waals surface area contributed by atoms with Gasteiger partial charge in [-0.15, -0.1) is 0 Å². The van der Waals surface area contributed by atoms with Gasteiger partial charge in [-0.1, -0.05) is 31.5 Å². The summed E-state index contributed by atoms with van der Waals surface area (Å²) in [6.07, 6.45) is 6.49. The van der Waals surface area contributed by atoms with Crippen molar-refractivity contribution in [2.45, 2.75) is 77.2 Å². The Bertz CT molecular complexity index is 869. The molecule has 2 aromatic rings. The predicted molar refractivity (Wildman–Crippen MR) is 118 cm³/mol. The van der Waals surface area contributed by atoms with Crippen molar-refractivity contribution < 1.29 is 22.3 Å². The fourth-order valence-electron chi connectivity index (χ4n) is 4.71. The molecule has 0 saturated heterocycles. The number of benzene rings is 1. The molecule has 32 heavy (non-hydrogen) atoms. The fraction of sp³-hybridized carbons (Fsp3) is 0.577. The first-order valence-electron chi connectivity index (χ1n) is 11.6. The average molecular weight is 452 g/mol. The van der Waals surface area contributed by atoms with E-state index in [1.54, 1.807) is 0 Å². The second-order valence-corrected chi connectivity index (χ2v) is 9.04. The number of hydrogen-bond donors (Lipinski definition) is 0. The summed E-state index contributed by atoms with van der Waals surface area (Å²) < 4.78 is 62.9. The molecule has 1 aromatic heterocycles. The molecule has 176 valence electrons. The zero-order valence-corrected chi connectivity index (χ0v) is 19.0. The number of alkyl halides is 2. The second-order valence-electron chi connectivity index (χ2n) is 9.04. The van der Waals surface area contributed by atoms with Crippen LogP contribution in [-0.2, 0) is 30.6 Å². The van der Waals surface area contributed by atoms with Gasteiger partial charge in [0, 0.05) is 36.9 Å². The predicted octanol–water partition coefficient (Wildman–Crippen LogP) is 7.08. The van der Waals surface area contributed by atoms with Crippen molar-refractivity contribution in [3.63, 3.8) is 0 Å². The lowest BCUT2D eigenvalue weighted by Crippen LogP contribution is -2.36. The minimum absolute atomic E-state index is 0.00231. The Hall–Kier alpha value is -1.95. The Morgan fingerprint density at radius 3 is 2.38 bits per heavy atom. The third-order valence-electron chi connectivity index (χ3n) is 6.62. The molecule has 0 N–H and O–H groups in total. The molecule has 2 atom stereocenters. The maximum atomic E-state index is 14.8. The Morgan fingerprint density at radius 1 is 0.969 bits per heavy atom. The lowest BCUT2D eigenvalue weighted by Gasteiger charge is -2.36. The van der Waals surface area contributed by atoms with Gasteiger partial charge in [0.15, 0.2) is 11.6 Å². The molecule has 1 saturated carbocycles. The summed E-state index contributed by atoms with van der Waals surface area (Å²) in [6, 6.07) is 7.02. The Balaban J connectivity index is 1.51. The highest BCUT2D eigenvalue weighted by Gasteiger charge is 2.44. The van der Waals surface area contributed by atoms with Crippen molar-refractivity contribution in [3.05, 3.63) is 64.5 Å². The Kier molecular flexibility index (Phi) is 8.69. The maximum Gasteiger partial charge on any atom is 0.251 e. The van der Waals surface area contributed by atoms with Gasteiger partial charge >= 0.3 is 0 Å². The molecule has 0 bridgehead atoms. The van der Waals surface area contributed by atoms with E-state index < -0.39 is 23.5 Å². The van der Waals surface area contributed by atoms with Gasteiger partial charge < -0.3 is 4.74 Å². The van der Waals surface area contributed by atoms with Crippen molar-refractivity contribution >= 4 is 0 Å². The minimum Gasteiger partial charge on any atom is -0.380 e. The highest BCUT2D eigenvalue weighted by molar-refractivity contribution is 5.26. The summed E-state index contributed by atoms with van der Waals surface area (Å²) >= 11 is 0. The lowest BCUT2D eigenvalue weighted by atomic mass is 9.75. The number of aryl methyl sites for hydroxylation is 3. The van der Waals surface area contributed by atoms with Crippen LogP contribution in [0.2, 0.25) is 0 Å². The van der Waals surface area contributed by atoms with Crippen molar-refractivity contribution in [2.24, 2.45) is 11.8 Å². The van der Waals surface area contributed by atoms with Gasteiger partial charge in [-0.05, 0) is 68.1 Å². The highest BCUT2D eigenvalue weighted by Crippen LogP contribution is 2.44. The van der Waals surface area contributed by atoms with Crippen molar-refractivity contribution in [2.75, 3.05) is 7.11 Å². The van der Waals surface area contributed by atoms with Crippen LogP contribution in [-0.4, -0.2) is 18.0 Å². The highest BCUT2D eigenvalue weighted by atomic mass is 19.3. The number of nitrogens with zero attached hydrogens (tertiary/aromatic N) is 1. The summed E-state index contributed by atoms with van der Waals surface area (Å²) in [5.41, 5.74) is 2.43. The number of hydrogen-bond acceptors (Lipinski definition) is 2. The Morgan fingerprint density at radius 2 is 1.72 bits per heavy atom. The van der Waals surface area contributed by atoms with Crippen LogP contribution in [0.3, 0.4) is 0 Å². The zero-order valence-electron chi connectivity index (χ0n) is 19.0. The van der Waals surface area contributed by atoms with Crippen molar-refractivity contribution in [1.82, 2.24) is 4.98 Å². The summed E-state index contributed by atoms with van der Waals surface area (Å²) in [7, 11) is 1.42. The standard InChI is InChI=1S/C26H33F4NO/c1-3-4-19-7-13-23(31-16-19)14-12-22-11-6-18(15-26(22,29)30)5-8-20-9-10-21(17-32-2)25(28)24(20)27/h7,9-10,13,16,18,22H,3-6,8,11-12,14-15,17H2,1-2H3. The molecule has 2 nitrogen and oxygen atoms in total.